The minimum absolute atomic E-state index is 0.326. The fraction of sp³-hybridized carbons (Fsp3) is 0.147. The second-order valence-electron chi connectivity index (χ2n) is 9.59. The number of halogens is 1. The van der Waals surface area contributed by atoms with E-state index in [1.807, 2.05) is 60.2 Å². The maximum atomic E-state index is 12.1. The highest BCUT2D eigenvalue weighted by atomic mass is 127. The molecule has 0 saturated carbocycles. The van der Waals surface area contributed by atoms with E-state index >= 15 is 0 Å². The van der Waals surface area contributed by atoms with Crippen LogP contribution in [0.25, 0.3) is 27.9 Å². The Labute approximate surface area is 253 Å². The molecular formula is C34H31IN2O4. The van der Waals surface area contributed by atoms with Gasteiger partial charge in [-0.25, -0.2) is 14.6 Å². The van der Waals surface area contributed by atoms with Crippen LogP contribution in [0.3, 0.4) is 0 Å². The van der Waals surface area contributed by atoms with Crippen molar-refractivity contribution >= 4 is 34.5 Å². The van der Waals surface area contributed by atoms with Gasteiger partial charge < -0.3 is 14.4 Å². The molecular weight excluding hydrogens is 627 g/mol. The van der Waals surface area contributed by atoms with Crippen LogP contribution >= 0.6 is 22.6 Å². The lowest BCUT2D eigenvalue weighted by atomic mass is 10.0. The second kappa shape index (κ2) is 13.4. The molecule has 0 atom stereocenters. The van der Waals surface area contributed by atoms with Gasteiger partial charge in [0.2, 0.25) is 0 Å². The number of carbonyl (C=O) groups excluding carboxylic acids is 1. The van der Waals surface area contributed by atoms with Crippen LogP contribution in [0.1, 0.15) is 44.6 Å². The zero-order chi connectivity index (χ0) is 29.5. The topological polar surface area (TPSA) is 81.4 Å². The summed E-state index contributed by atoms with van der Waals surface area (Å²) in [4.78, 5) is 27.4. The van der Waals surface area contributed by atoms with E-state index in [1.54, 1.807) is 18.3 Å². The van der Waals surface area contributed by atoms with Crippen LogP contribution in [-0.4, -0.2) is 33.7 Å². The number of rotatable bonds is 6. The first-order valence-corrected chi connectivity index (χ1v) is 14.2. The summed E-state index contributed by atoms with van der Waals surface area (Å²) >= 11 is 2.13. The van der Waals surface area contributed by atoms with Crippen LogP contribution in [0.5, 0.6) is 0 Å². The van der Waals surface area contributed by atoms with Crippen LogP contribution in [0, 0.1) is 17.4 Å². The molecule has 0 unspecified atom stereocenters. The molecule has 0 aliphatic rings. The van der Waals surface area contributed by atoms with Gasteiger partial charge in [-0.2, -0.15) is 0 Å². The molecule has 0 aliphatic heterocycles. The number of hydrogen-bond donors (Lipinski definition) is 1. The highest BCUT2D eigenvalue weighted by Crippen LogP contribution is 2.26. The van der Waals surface area contributed by atoms with Crippen LogP contribution in [0.2, 0.25) is 0 Å². The molecule has 41 heavy (non-hydrogen) atoms. The van der Waals surface area contributed by atoms with Crippen molar-refractivity contribution in [2.75, 3.05) is 7.11 Å². The fourth-order valence-corrected chi connectivity index (χ4v) is 5.03. The van der Waals surface area contributed by atoms with E-state index < -0.39 is 5.97 Å². The van der Waals surface area contributed by atoms with Crippen molar-refractivity contribution in [1.29, 1.82) is 0 Å². The van der Waals surface area contributed by atoms with Crippen molar-refractivity contribution in [2.45, 2.75) is 27.2 Å². The quantitative estimate of drug-likeness (QED) is 0.147. The van der Waals surface area contributed by atoms with Gasteiger partial charge in [0, 0.05) is 28.1 Å². The van der Waals surface area contributed by atoms with Gasteiger partial charge >= 0.3 is 11.9 Å². The number of ether oxygens (including phenoxy) is 1. The number of hydrogen-bond acceptors (Lipinski definition) is 4. The molecule has 208 valence electrons. The summed E-state index contributed by atoms with van der Waals surface area (Å²) in [7, 11) is 1.40. The summed E-state index contributed by atoms with van der Waals surface area (Å²) in [6.07, 6.45) is 4.50. The molecule has 1 aromatic heterocycles. The standard InChI is InChI=1S/C20H20N2O2.C14H11IO2/c1-4-19-21-9-10-22(19)18-12-16(11-17(13-18)20(23)24-3)15-7-5-14(2)6-8-15;1-9-2-4-10(5-3-9)11-6-12(14(16)17)8-13(15)7-11/h5-13H,4H2,1-3H3;2-8H,1H3,(H,16,17). The van der Waals surface area contributed by atoms with E-state index in [4.69, 9.17) is 9.84 Å². The second-order valence-corrected chi connectivity index (χ2v) is 10.8. The zero-order valence-electron chi connectivity index (χ0n) is 23.4. The number of nitrogens with zero attached hydrogens (tertiary/aromatic N) is 2. The lowest BCUT2D eigenvalue weighted by Gasteiger charge is -2.12. The smallest absolute Gasteiger partial charge is 0.337 e. The van der Waals surface area contributed by atoms with Gasteiger partial charge in [0.15, 0.2) is 0 Å². The number of carbonyl (C=O) groups is 2. The summed E-state index contributed by atoms with van der Waals surface area (Å²) in [5.74, 6) is -0.285. The highest BCUT2D eigenvalue weighted by Gasteiger charge is 2.13. The Morgan fingerprint density at radius 3 is 1.90 bits per heavy atom. The Morgan fingerprint density at radius 2 is 1.37 bits per heavy atom. The molecule has 7 heteroatoms. The summed E-state index contributed by atoms with van der Waals surface area (Å²) in [5.41, 5.74) is 8.17. The van der Waals surface area contributed by atoms with E-state index in [0.717, 1.165) is 43.8 Å². The van der Waals surface area contributed by atoms with Crippen LogP contribution in [-0.2, 0) is 11.2 Å². The van der Waals surface area contributed by atoms with E-state index in [-0.39, 0.29) is 5.97 Å². The first kappa shape index (κ1) is 29.7. The maximum absolute atomic E-state index is 12.1. The average Bonchev–Trinajstić information content (AvgIpc) is 3.46. The average molecular weight is 659 g/mol. The van der Waals surface area contributed by atoms with Crippen LogP contribution in [0.15, 0.2) is 97.3 Å². The number of aryl methyl sites for hydroxylation is 3. The highest BCUT2D eigenvalue weighted by molar-refractivity contribution is 14.1. The molecule has 0 fully saturated rings. The molecule has 5 aromatic rings. The van der Waals surface area contributed by atoms with Gasteiger partial charge in [-0.05, 0) is 95.1 Å². The number of aromatic nitrogens is 2. The number of aromatic carboxylic acids is 1. The van der Waals surface area contributed by atoms with E-state index in [9.17, 15) is 9.59 Å². The Hall–Kier alpha value is -4.24. The molecule has 0 amide bonds. The van der Waals surface area contributed by atoms with Crippen molar-refractivity contribution in [3.8, 4) is 27.9 Å². The van der Waals surface area contributed by atoms with E-state index in [1.165, 1.54) is 18.2 Å². The minimum atomic E-state index is -0.892. The summed E-state index contributed by atoms with van der Waals surface area (Å²) in [5, 5.41) is 9.02. The van der Waals surface area contributed by atoms with Crippen LogP contribution in [0.4, 0.5) is 0 Å². The number of carboxylic acids is 1. The van der Waals surface area contributed by atoms with E-state index in [2.05, 4.69) is 71.8 Å². The molecule has 0 aliphatic carbocycles. The van der Waals surface area contributed by atoms with E-state index in [0.29, 0.717) is 11.1 Å². The van der Waals surface area contributed by atoms with Gasteiger partial charge in [-0.1, -0.05) is 66.6 Å². The SMILES string of the molecule is CCc1nccn1-c1cc(C(=O)OC)cc(-c2ccc(C)cc2)c1.Cc1ccc(-c2cc(I)cc(C(=O)O)c2)cc1. The van der Waals surface area contributed by atoms with Gasteiger partial charge in [0.25, 0.3) is 0 Å². The van der Waals surface area contributed by atoms with Crippen molar-refractivity contribution < 1.29 is 19.4 Å². The number of imidazole rings is 1. The minimum Gasteiger partial charge on any atom is -0.478 e. The van der Waals surface area contributed by atoms with Gasteiger partial charge in [0.1, 0.15) is 5.82 Å². The monoisotopic (exact) mass is 658 g/mol. The lowest BCUT2D eigenvalue weighted by Crippen LogP contribution is -2.05. The molecule has 0 radical (unpaired) electrons. The number of benzene rings is 4. The third-order valence-corrected chi connectivity index (χ3v) is 7.19. The number of carboxylic acid groups (broad SMARTS) is 1. The summed E-state index contributed by atoms with van der Waals surface area (Å²) in [6, 6.07) is 27.4. The Balaban J connectivity index is 0.000000201. The molecule has 0 saturated heterocycles. The first-order valence-electron chi connectivity index (χ1n) is 13.1. The summed E-state index contributed by atoms with van der Waals surface area (Å²) in [6.45, 7) is 6.14. The van der Waals surface area contributed by atoms with Crippen LogP contribution < -0.4 is 0 Å². The fourth-order valence-electron chi connectivity index (χ4n) is 4.36. The number of esters is 1. The van der Waals surface area contributed by atoms with Crippen molar-refractivity contribution in [1.82, 2.24) is 9.55 Å². The largest absolute Gasteiger partial charge is 0.478 e. The Morgan fingerprint density at radius 1 is 0.805 bits per heavy atom. The van der Waals surface area contributed by atoms with Crippen molar-refractivity contribution in [3.63, 3.8) is 0 Å². The zero-order valence-corrected chi connectivity index (χ0v) is 25.5. The van der Waals surface area contributed by atoms with Gasteiger partial charge in [0.05, 0.1) is 18.2 Å². The first-order chi connectivity index (χ1) is 19.7. The van der Waals surface area contributed by atoms with Crippen molar-refractivity contribution in [2.24, 2.45) is 0 Å². The Bertz CT molecular complexity index is 1670. The third kappa shape index (κ3) is 7.49. The predicted molar refractivity (Wildman–Crippen MR) is 171 cm³/mol. The molecule has 0 spiro atoms. The van der Waals surface area contributed by atoms with Crippen molar-refractivity contribution in [3.05, 3.63) is 129 Å². The van der Waals surface area contributed by atoms with Gasteiger partial charge in [-0.15, -0.1) is 0 Å². The number of methoxy groups -OCH3 is 1. The molecule has 0 bridgehead atoms. The molecule has 1 N–H and O–H groups in total. The van der Waals surface area contributed by atoms with Gasteiger partial charge in [-0.3, -0.25) is 0 Å². The Kier molecular flexibility index (Phi) is 9.73. The predicted octanol–water partition coefficient (Wildman–Crippen LogP) is 8.16. The summed E-state index contributed by atoms with van der Waals surface area (Å²) < 4.78 is 7.84. The molecule has 1 heterocycles. The molecule has 5 rings (SSSR count). The normalized spacial score (nSPS) is 10.5. The lowest BCUT2D eigenvalue weighted by molar-refractivity contribution is 0.0599. The molecule has 4 aromatic carbocycles. The molecule has 6 nitrogen and oxygen atoms in total. The third-order valence-electron chi connectivity index (χ3n) is 6.57. The maximum Gasteiger partial charge on any atom is 0.337 e.